The third-order valence-corrected chi connectivity index (χ3v) is 8.06. The molecule has 9 nitrogen and oxygen atoms in total. The van der Waals surface area contributed by atoms with Crippen LogP contribution in [0.4, 0.5) is 11.4 Å². The Bertz CT molecular complexity index is 1450. The van der Waals surface area contributed by atoms with Crippen molar-refractivity contribution in [3.05, 3.63) is 59.5 Å². The lowest BCUT2D eigenvalue weighted by Gasteiger charge is -2.49. The van der Waals surface area contributed by atoms with E-state index in [1.165, 1.54) is 5.56 Å². The van der Waals surface area contributed by atoms with Gasteiger partial charge < -0.3 is 25.0 Å². The Morgan fingerprint density at radius 3 is 2.86 bits per heavy atom. The molecule has 0 unspecified atom stereocenters. The summed E-state index contributed by atoms with van der Waals surface area (Å²) in [5, 5.41) is 10.4. The lowest BCUT2D eigenvalue weighted by molar-refractivity contribution is -0.157. The number of nitriles is 1. The molecule has 4 aliphatic rings. The van der Waals surface area contributed by atoms with Crippen LogP contribution in [0.1, 0.15) is 25.1 Å². The van der Waals surface area contributed by atoms with Gasteiger partial charge in [-0.2, -0.15) is 5.26 Å². The van der Waals surface area contributed by atoms with E-state index < -0.39 is 0 Å². The molecule has 1 aromatic carbocycles. The molecule has 0 amide bonds. The van der Waals surface area contributed by atoms with Gasteiger partial charge in [-0.25, -0.2) is 0 Å². The third-order valence-electron chi connectivity index (χ3n) is 8.06. The zero-order valence-corrected chi connectivity index (χ0v) is 20.9. The van der Waals surface area contributed by atoms with Gasteiger partial charge in [-0.15, -0.1) is 0 Å². The number of hydrogen-bond acceptors (Lipinski definition) is 9. The molecule has 7 rings (SSSR count). The normalized spacial score (nSPS) is 25.5. The quantitative estimate of drug-likeness (QED) is 0.578. The number of likely N-dealkylation sites (tertiary alicyclic amines) is 1. The summed E-state index contributed by atoms with van der Waals surface area (Å²) >= 11 is 0. The summed E-state index contributed by atoms with van der Waals surface area (Å²) in [6.07, 6.45) is 2.24. The van der Waals surface area contributed by atoms with Crippen LogP contribution in [0.15, 0.2) is 42.7 Å². The number of morpholine rings is 1. The maximum absolute atomic E-state index is 9.54. The van der Waals surface area contributed by atoms with Crippen molar-refractivity contribution in [2.24, 2.45) is 5.73 Å². The van der Waals surface area contributed by atoms with Crippen LogP contribution in [0.5, 0.6) is 0 Å². The van der Waals surface area contributed by atoms with Crippen LogP contribution >= 0.6 is 0 Å². The Labute approximate surface area is 217 Å². The number of ether oxygens (including phenoxy) is 2. The average molecular weight is 499 g/mol. The first-order valence-electron chi connectivity index (χ1n) is 13.5. The van der Waals surface area contributed by atoms with Gasteiger partial charge in [-0.05, 0) is 37.3 Å². The standard InChI is InChI=1S/C28H31N7O2/c1-18-10-35(25-5-4-19(8-29)26-24(25)3-2-6-31-26)14-23(37-18)13-33-16-28(17-33)27-20(15-36-28)7-22(9-32-27)34-11-21(30)12-34/h2-7,9,18,21,23H,10-17,30H2,1H3/t18-,23+/m1/s1/i6D. The van der Waals surface area contributed by atoms with Gasteiger partial charge in [0.1, 0.15) is 11.7 Å². The predicted molar refractivity (Wildman–Crippen MR) is 140 cm³/mol. The van der Waals surface area contributed by atoms with E-state index in [2.05, 4.69) is 38.7 Å². The molecular formula is C28H31N7O2. The van der Waals surface area contributed by atoms with Crippen LogP contribution in [-0.2, 0) is 21.7 Å². The predicted octanol–water partition coefficient (Wildman–Crippen LogP) is 1.98. The van der Waals surface area contributed by atoms with Gasteiger partial charge in [0.05, 0.1) is 48.8 Å². The molecule has 190 valence electrons. The highest BCUT2D eigenvalue weighted by atomic mass is 16.5. The van der Waals surface area contributed by atoms with Gasteiger partial charge in [0.2, 0.25) is 0 Å². The Morgan fingerprint density at radius 2 is 2.05 bits per heavy atom. The summed E-state index contributed by atoms with van der Waals surface area (Å²) in [4.78, 5) is 16.2. The Hall–Kier alpha value is -3.29. The molecule has 9 heteroatoms. The molecule has 1 spiro atoms. The van der Waals surface area contributed by atoms with E-state index in [1.54, 1.807) is 6.07 Å². The minimum absolute atomic E-state index is 0.0389. The Balaban J connectivity index is 1.04. The molecule has 0 aliphatic carbocycles. The highest BCUT2D eigenvalue weighted by Gasteiger charge is 2.52. The summed E-state index contributed by atoms with van der Waals surface area (Å²) in [7, 11) is 0. The number of fused-ring (bicyclic) bond motifs is 3. The highest BCUT2D eigenvalue weighted by Crippen LogP contribution is 2.43. The summed E-state index contributed by atoms with van der Waals surface area (Å²) in [5.74, 6) is 0. The number of nitrogens with two attached hydrogens (primary N) is 1. The van der Waals surface area contributed by atoms with E-state index in [0.717, 1.165) is 68.3 Å². The monoisotopic (exact) mass is 498 g/mol. The van der Waals surface area contributed by atoms with Gasteiger partial charge in [-0.1, -0.05) is 0 Å². The Morgan fingerprint density at radius 1 is 1.19 bits per heavy atom. The minimum atomic E-state index is -0.317. The van der Waals surface area contributed by atoms with Crippen LogP contribution in [0, 0.1) is 11.3 Å². The van der Waals surface area contributed by atoms with Gasteiger partial charge >= 0.3 is 0 Å². The molecule has 37 heavy (non-hydrogen) atoms. The van der Waals surface area contributed by atoms with Crippen molar-refractivity contribution >= 4 is 22.3 Å². The van der Waals surface area contributed by atoms with Crippen LogP contribution < -0.4 is 15.5 Å². The van der Waals surface area contributed by atoms with E-state index in [1.807, 2.05) is 24.4 Å². The fraction of sp³-hybridized carbons (Fsp3) is 0.464. The molecule has 2 aromatic heterocycles. The molecule has 3 aromatic rings. The summed E-state index contributed by atoms with van der Waals surface area (Å²) in [6, 6.07) is 12.1. The molecule has 3 saturated heterocycles. The zero-order valence-electron chi connectivity index (χ0n) is 21.9. The number of aromatic nitrogens is 2. The summed E-state index contributed by atoms with van der Waals surface area (Å²) in [6.45, 7) is 8.42. The summed E-state index contributed by atoms with van der Waals surface area (Å²) < 4.78 is 20.6. The number of benzene rings is 1. The topological polar surface area (TPSA) is 104 Å². The molecule has 2 N–H and O–H groups in total. The average Bonchev–Trinajstić information content (AvgIpc) is 3.24. The number of anilines is 2. The largest absolute Gasteiger partial charge is 0.370 e. The van der Waals surface area contributed by atoms with E-state index in [0.29, 0.717) is 17.7 Å². The summed E-state index contributed by atoms with van der Waals surface area (Å²) in [5.41, 5.74) is 11.1. The maximum Gasteiger partial charge on any atom is 0.136 e. The Kier molecular flexibility index (Phi) is 5.08. The van der Waals surface area contributed by atoms with Crippen molar-refractivity contribution in [1.82, 2.24) is 14.9 Å². The van der Waals surface area contributed by atoms with Crippen molar-refractivity contribution in [2.45, 2.75) is 37.4 Å². The first-order chi connectivity index (χ1) is 18.4. The second-order valence-electron chi connectivity index (χ2n) is 10.9. The van der Waals surface area contributed by atoms with Crippen molar-refractivity contribution in [3.63, 3.8) is 0 Å². The first kappa shape index (κ1) is 21.8. The lowest BCUT2D eigenvalue weighted by Crippen LogP contribution is -2.62. The van der Waals surface area contributed by atoms with Gasteiger partial charge in [0.25, 0.3) is 0 Å². The first-order valence-corrected chi connectivity index (χ1v) is 13.0. The van der Waals surface area contributed by atoms with Crippen LogP contribution in [0.2, 0.25) is 0 Å². The van der Waals surface area contributed by atoms with Gasteiger partial charge in [0.15, 0.2) is 0 Å². The minimum Gasteiger partial charge on any atom is -0.370 e. The van der Waals surface area contributed by atoms with Crippen LogP contribution in [-0.4, -0.2) is 78.9 Å². The van der Waals surface area contributed by atoms with Crippen LogP contribution in [0.3, 0.4) is 0 Å². The van der Waals surface area contributed by atoms with Crippen molar-refractivity contribution in [3.8, 4) is 6.07 Å². The maximum atomic E-state index is 9.54. The lowest BCUT2D eigenvalue weighted by atomic mass is 9.88. The van der Waals surface area contributed by atoms with Crippen molar-refractivity contribution < 1.29 is 10.8 Å². The second kappa shape index (κ2) is 8.64. The number of rotatable bonds is 4. The van der Waals surface area contributed by atoms with E-state index in [-0.39, 0.29) is 30.0 Å². The number of nitrogens with zero attached hydrogens (tertiary/aromatic N) is 6. The molecule has 6 heterocycles. The van der Waals surface area contributed by atoms with E-state index in [9.17, 15) is 5.26 Å². The second-order valence-corrected chi connectivity index (χ2v) is 10.9. The molecule has 3 fully saturated rings. The smallest absolute Gasteiger partial charge is 0.136 e. The molecule has 0 saturated carbocycles. The fourth-order valence-electron chi connectivity index (χ4n) is 6.35. The molecule has 4 aliphatic heterocycles. The van der Waals surface area contributed by atoms with E-state index in [4.69, 9.17) is 21.6 Å². The third kappa shape index (κ3) is 3.83. The van der Waals surface area contributed by atoms with Crippen molar-refractivity contribution in [1.29, 1.82) is 5.26 Å². The SMILES string of the molecule is [2H]c1ccc2c(N3C[C@H](CN4CC5(C4)OCc4cc(N6CC(N)C6)cnc45)O[C@H](C)C3)ccc(C#N)c2n1. The molecule has 2 atom stereocenters. The van der Waals surface area contributed by atoms with Crippen LogP contribution in [0.25, 0.3) is 10.9 Å². The number of pyridine rings is 2. The van der Waals surface area contributed by atoms with Crippen molar-refractivity contribution in [2.75, 3.05) is 55.6 Å². The molecule has 0 radical (unpaired) electrons. The van der Waals surface area contributed by atoms with E-state index >= 15 is 0 Å². The molecule has 0 bridgehead atoms. The van der Waals surface area contributed by atoms with Gasteiger partial charge in [-0.3, -0.25) is 14.9 Å². The number of hydrogen-bond donors (Lipinski definition) is 1. The van der Waals surface area contributed by atoms with Gasteiger partial charge in [0, 0.05) is 74.7 Å². The highest BCUT2D eigenvalue weighted by molar-refractivity contribution is 5.95. The zero-order chi connectivity index (χ0) is 26.0. The molecular weight excluding hydrogens is 466 g/mol. The fourth-order valence-corrected chi connectivity index (χ4v) is 6.35.